The maximum Gasteiger partial charge on any atom is 0.318 e. The predicted molar refractivity (Wildman–Crippen MR) is 79.0 cm³/mol. The van der Waals surface area contributed by atoms with Crippen molar-refractivity contribution in [2.75, 3.05) is 13.2 Å². The average Bonchev–Trinajstić information content (AvgIpc) is 2.79. The van der Waals surface area contributed by atoms with Crippen LogP contribution in [0.4, 0.5) is 4.79 Å². The monoisotopic (exact) mass is 295 g/mol. The first-order valence-electron chi connectivity index (χ1n) is 7.65. The fraction of sp³-hybridized carbons (Fsp3) is 0.733. The molecule has 0 radical (unpaired) electrons. The van der Waals surface area contributed by atoms with E-state index in [0.29, 0.717) is 6.42 Å². The van der Waals surface area contributed by atoms with Crippen LogP contribution in [-0.2, 0) is 0 Å². The SMILES string of the molecule is Cc1noc(C)c1C(C)NC(=O)N1CCCCC1CCO. The lowest BCUT2D eigenvalue weighted by Crippen LogP contribution is -2.49. The van der Waals surface area contributed by atoms with Crippen molar-refractivity contribution in [3.63, 3.8) is 0 Å². The summed E-state index contributed by atoms with van der Waals surface area (Å²) in [6.07, 6.45) is 3.75. The highest BCUT2D eigenvalue weighted by Gasteiger charge is 2.28. The second-order valence-electron chi connectivity index (χ2n) is 5.76. The molecule has 0 aliphatic carbocycles. The molecule has 1 aromatic rings. The number of nitrogens with one attached hydrogen (secondary N) is 1. The first-order valence-corrected chi connectivity index (χ1v) is 7.65. The van der Waals surface area contributed by atoms with Crippen LogP contribution in [0.3, 0.4) is 0 Å². The number of aryl methyl sites for hydroxylation is 2. The third kappa shape index (κ3) is 3.56. The average molecular weight is 295 g/mol. The number of amides is 2. The van der Waals surface area contributed by atoms with Crippen LogP contribution in [0.1, 0.15) is 55.7 Å². The van der Waals surface area contributed by atoms with E-state index in [0.717, 1.165) is 42.8 Å². The summed E-state index contributed by atoms with van der Waals surface area (Å²) in [5, 5.41) is 16.1. The summed E-state index contributed by atoms with van der Waals surface area (Å²) in [4.78, 5) is 14.3. The molecule has 1 aromatic heterocycles. The van der Waals surface area contributed by atoms with Gasteiger partial charge in [-0.15, -0.1) is 0 Å². The lowest BCUT2D eigenvalue weighted by Gasteiger charge is -2.36. The quantitative estimate of drug-likeness (QED) is 0.893. The normalized spacial score (nSPS) is 20.4. The van der Waals surface area contributed by atoms with E-state index in [2.05, 4.69) is 10.5 Å². The minimum Gasteiger partial charge on any atom is -0.396 e. The van der Waals surface area contributed by atoms with Crippen molar-refractivity contribution < 1.29 is 14.4 Å². The van der Waals surface area contributed by atoms with E-state index in [1.807, 2.05) is 25.7 Å². The number of hydrogen-bond donors (Lipinski definition) is 2. The fourth-order valence-electron chi connectivity index (χ4n) is 3.17. The van der Waals surface area contributed by atoms with E-state index >= 15 is 0 Å². The number of carbonyl (C=O) groups is 1. The van der Waals surface area contributed by atoms with Gasteiger partial charge in [-0.1, -0.05) is 5.16 Å². The van der Waals surface area contributed by atoms with Crippen LogP contribution in [-0.4, -0.2) is 40.4 Å². The zero-order chi connectivity index (χ0) is 15.4. The molecule has 2 heterocycles. The number of rotatable bonds is 4. The molecule has 0 spiro atoms. The molecule has 0 aromatic carbocycles. The van der Waals surface area contributed by atoms with Crippen LogP contribution in [0.5, 0.6) is 0 Å². The first kappa shape index (κ1) is 15.8. The second kappa shape index (κ2) is 6.93. The van der Waals surface area contributed by atoms with E-state index in [1.54, 1.807) is 0 Å². The molecule has 6 heteroatoms. The van der Waals surface area contributed by atoms with Gasteiger partial charge >= 0.3 is 6.03 Å². The molecule has 2 unspecified atom stereocenters. The second-order valence-corrected chi connectivity index (χ2v) is 5.76. The van der Waals surface area contributed by atoms with E-state index in [4.69, 9.17) is 9.63 Å². The maximum atomic E-state index is 12.5. The van der Waals surface area contributed by atoms with Gasteiger partial charge in [0.2, 0.25) is 0 Å². The van der Waals surface area contributed by atoms with Gasteiger partial charge in [-0.25, -0.2) is 4.79 Å². The summed E-state index contributed by atoms with van der Waals surface area (Å²) in [5.74, 6) is 0.742. The van der Waals surface area contributed by atoms with Crippen LogP contribution >= 0.6 is 0 Å². The van der Waals surface area contributed by atoms with Crippen LogP contribution in [0, 0.1) is 13.8 Å². The topological polar surface area (TPSA) is 78.6 Å². The predicted octanol–water partition coefficient (Wildman–Crippen LogP) is 2.30. The minimum atomic E-state index is -0.138. The summed E-state index contributed by atoms with van der Waals surface area (Å²) in [6, 6.07) is -0.0679. The van der Waals surface area contributed by atoms with Gasteiger partial charge in [-0.2, -0.15) is 0 Å². The lowest BCUT2D eigenvalue weighted by atomic mass is 10.00. The number of aromatic nitrogens is 1. The molecule has 1 aliphatic rings. The van der Waals surface area contributed by atoms with Gasteiger partial charge in [-0.05, 0) is 46.5 Å². The molecular weight excluding hydrogens is 270 g/mol. The Morgan fingerprint density at radius 1 is 1.52 bits per heavy atom. The Kier molecular flexibility index (Phi) is 5.22. The molecule has 2 N–H and O–H groups in total. The molecule has 2 atom stereocenters. The Morgan fingerprint density at radius 3 is 2.90 bits per heavy atom. The third-order valence-electron chi connectivity index (χ3n) is 4.21. The number of piperidine rings is 1. The van der Waals surface area contributed by atoms with Crippen molar-refractivity contribution in [2.45, 2.75) is 58.5 Å². The smallest absolute Gasteiger partial charge is 0.318 e. The van der Waals surface area contributed by atoms with Crippen LogP contribution in [0.2, 0.25) is 0 Å². The van der Waals surface area contributed by atoms with Crippen LogP contribution in [0.25, 0.3) is 0 Å². The molecule has 1 saturated heterocycles. The zero-order valence-corrected chi connectivity index (χ0v) is 13.1. The van der Waals surface area contributed by atoms with E-state index < -0.39 is 0 Å². The van der Waals surface area contributed by atoms with E-state index in [9.17, 15) is 4.79 Å². The van der Waals surface area contributed by atoms with E-state index in [1.165, 1.54) is 0 Å². The Bertz CT molecular complexity index is 465. The Labute approximate surface area is 125 Å². The Hall–Kier alpha value is -1.56. The summed E-state index contributed by atoms with van der Waals surface area (Å²) < 4.78 is 5.16. The largest absolute Gasteiger partial charge is 0.396 e. The van der Waals surface area contributed by atoms with Gasteiger partial charge in [0.1, 0.15) is 5.76 Å². The van der Waals surface area contributed by atoms with Crippen molar-refractivity contribution in [1.82, 2.24) is 15.4 Å². The van der Waals surface area contributed by atoms with Crippen molar-refractivity contribution in [3.05, 3.63) is 17.0 Å². The number of aliphatic hydroxyl groups is 1. The highest BCUT2D eigenvalue weighted by Crippen LogP contribution is 2.23. The summed E-state index contributed by atoms with van der Waals surface area (Å²) >= 11 is 0. The number of likely N-dealkylation sites (tertiary alicyclic amines) is 1. The standard InChI is InChI=1S/C15H25N3O3/c1-10(14-11(2)17-21-12(14)3)16-15(20)18-8-5-4-6-13(18)7-9-19/h10,13,19H,4-9H2,1-3H3,(H,16,20). The minimum absolute atomic E-state index is 0.0688. The summed E-state index contributed by atoms with van der Waals surface area (Å²) in [5.41, 5.74) is 1.75. The first-order chi connectivity index (χ1) is 10.0. The molecule has 21 heavy (non-hydrogen) atoms. The fourth-order valence-corrected chi connectivity index (χ4v) is 3.17. The van der Waals surface area contributed by atoms with Gasteiger partial charge in [0, 0.05) is 24.8 Å². The van der Waals surface area contributed by atoms with Gasteiger partial charge in [0.15, 0.2) is 0 Å². The molecule has 118 valence electrons. The summed E-state index contributed by atoms with van der Waals surface area (Å²) in [6.45, 7) is 6.55. The van der Waals surface area contributed by atoms with Crippen molar-refractivity contribution in [3.8, 4) is 0 Å². The lowest BCUT2D eigenvalue weighted by molar-refractivity contribution is 0.130. The van der Waals surface area contributed by atoms with Gasteiger partial charge in [-0.3, -0.25) is 0 Å². The number of hydrogen-bond acceptors (Lipinski definition) is 4. The highest BCUT2D eigenvalue weighted by molar-refractivity contribution is 5.75. The van der Waals surface area contributed by atoms with Crippen LogP contribution in [0.15, 0.2) is 4.52 Å². The Morgan fingerprint density at radius 2 is 2.29 bits per heavy atom. The summed E-state index contributed by atoms with van der Waals surface area (Å²) in [7, 11) is 0. The zero-order valence-electron chi connectivity index (χ0n) is 13.1. The molecule has 1 fully saturated rings. The molecule has 1 aliphatic heterocycles. The molecular formula is C15H25N3O3. The van der Waals surface area contributed by atoms with Crippen LogP contribution < -0.4 is 5.32 Å². The van der Waals surface area contributed by atoms with Crippen molar-refractivity contribution >= 4 is 6.03 Å². The Balaban J connectivity index is 2.02. The molecule has 0 saturated carbocycles. The molecule has 2 amide bonds. The van der Waals surface area contributed by atoms with Gasteiger partial charge in [0.25, 0.3) is 0 Å². The highest BCUT2D eigenvalue weighted by atomic mass is 16.5. The van der Waals surface area contributed by atoms with Gasteiger partial charge in [0.05, 0.1) is 11.7 Å². The molecule has 2 rings (SSSR count). The van der Waals surface area contributed by atoms with E-state index in [-0.39, 0.29) is 24.7 Å². The number of carbonyl (C=O) groups excluding carboxylic acids is 1. The van der Waals surface area contributed by atoms with Crippen molar-refractivity contribution in [1.29, 1.82) is 0 Å². The number of aliphatic hydroxyl groups excluding tert-OH is 1. The van der Waals surface area contributed by atoms with Gasteiger partial charge < -0.3 is 19.8 Å². The number of nitrogens with zero attached hydrogens (tertiary/aromatic N) is 2. The van der Waals surface area contributed by atoms with Crippen molar-refractivity contribution in [2.24, 2.45) is 0 Å². The number of urea groups is 1. The maximum absolute atomic E-state index is 12.5. The third-order valence-corrected chi connectivity index (χ3v) is 4.21. The molecule has 6 nitrogen and oxygen atoms in total. The molecule has 0 bridgehead atoms.